The molecule has 0 aliphatic carbocycles. The third-order valence-electron chi connectivity index (χ3n) is 13.6. The smallest absolute Gasteiger partial charge is 0.159 e. The zero-order chi connectivity index (χ0) is 43.3. The molecule has 4 nitrogen and oxygen atoms in total. The fourth-order valence-corrected chi connectivity index (χ4v) is 11.8. The normalized spacial score (nSPS) is 14.2. The van der Waals surface area contributed by atoms with Gasteiger partial charge >= 0.3 is 0 Å². The molecule has 2 aromatic heterocycles. The lowest BCUT2D eigenvalue weighted by Crippen LogP contribution is -2.34. The maximum atomic E-state index is 5.67. The minimum atomic E-state index is -0.452. The third-order valence-corrected chi connectivity index (χ3v) is 14.8. The number of fused-ring (bicyclic) bond motifs is 12. The van der Waals surface area contributed by atoms with Crippen molar-refractivity contribution in [2.24, 2.45) is 9.98 Å². The highest BCUT2D eigenvalue weighted by molar-refractivity contribution is 7.26. The van der Waals surface area contributed by atoms with Crippen molar-refractivity contribution in [3.8, 4) is 16.8 Å². The Labute approximate surface area is 384 Å². The standard InChI is InChI=1S/C61H38N4S/c1-2-14-37(15-3-1)38-26-28-40(29-27-38)59-62-60(51-35-43-19-7-8-20-44(43)46-22-10-11-23-47(46)51)64-61(63-59)57-53(32-33-55-56(57)49-31-30-39-16-6-9-21-45(39)58(49)66-55)65-52-25-13-12-24-48(52)50-34-41-17-4-5-18-42(41)36-54(50)65/h1-36,60H,(H,62,63,64). The van der Waals surface area contributed by atoms with Crippen LogP contribution in [0.3, 0.4) is 0 Å². The monoisotopic (exact) mass is 858 g/mol. The van der Waals surface area contributed by atoms with Crippen molar-refractivity contribution < 1.29 is 0 Å². The maximum Gasteiger partial charge on any atom is 0.159 e. The Morgan fingerprint density at radius 1 is 0.424 bits per heavy atom. The second-order valence-corrected chi connectivity index (χ2v) is 18.4. The third kappa shape index (κ3) is 5.70. The van der Waals surface area contributed by atoms with E-state index in [0.717, 1.165) is 50.2 Å². The molecule has 0 bridgehead atoms. The second-order valence-electron chi connectivity index (χ2n) is 17.3. The molecule has 14 rings (SSSR count). The van der Waals surface area contributed by atoms with E-state index in [9.17, 15) is 0 Å². The Morgan fingerprint density at radius 3 is 1.88 bits per heavy atom. The minimum Gasteiger partial charge on any atom is -0.344 e. The van der Waals surface area contributed by atoms with E-state index in [2.05, 4.69) is 228 Å². The molecular weight excluding hydrogens is 821 g/mol. The van der Waals surface area contributed by atoms with Crippen molar-refractivity contribution in [3.63, 3.8) is 0 Å². The van der Waals surface area contributed by atoms with Gasteiger partial charge in [0.05, 0.1) is 22.3 Å². The molecule has 1 N–H and O–H groups in total. The average molecular weight is 859 g/mol. The molecule has 1 unspecified atom stereocenters. The predicted octanol–water partition coefficient (Wildman–Crippen LogP) is 15.9. The lowest BCUT2D eigenvalue weighted by Gasteiger charge is -2.27. The fraction of sp³-hybridized carbons (Fsp3) is 0.0164. The highest BCUT2D eigenvalue weighted by atomic mass is 32.1. The summed E-state index contributed by atoms with van der Waals surface area (Å²) in [5.41, 5.74) is 8.80. The Kier molecular flexibility index (Phi) is 8.18. The van der Waals surface area contributed by atoms with Crippen LogP contribution in [0.15, 0.2) is 228 Å². The van der Waals surface area contributed by atoms with E-state index in [0.29, 0.717) is 5.84 Å². The summed E-state index contributed by atoms with van der Waals surface area (Å²) >= 11 is 1.86. The SMILES string of the molecule is c1ccc(-c2ccc(C3=NC(c4cc5ccccc5c5ccccc45)NC(c4c(-n5c6ccccc6c6cc7ccccc7cc65)ccc5sc6c7ccccc7ccc6c45)=N3)cc2)cc1. The van der Waals surface area contributed by atoms with Crippen LogP contribution in [0.4, 0.5) is 0 Å². The summed E-state index contributed by atoms with van der Waals surface area (Å²) in [4.78, 5) is 11.2. The van der Waals surface area contributed by atoms with E-state index in [1.807, 2.05) is 11.3 Å². The summed E-state index contributed by atoms with van der Waals surface area (Å²) in [5, 5.41) is 18.6. The number of aromatic nitrogens is 1. The first-order valence-corrected chi connectivity index (χ1v) is 23.3. The number of thiophene rings is 1. The van der Waals surface area contributed by atoms with Gasteiger partial charge in [-0.1, -0.05) is 182 Å². The Morgan fingerprint density at radius 2 is 1.06 bits per heavy atom. The molecule has 11 aromatic carbocycles. The van der Waals surface area contributed by atoms with Gasteiger partial charge in [-0.2, -0.15) is 0 Å². The van der Waals surface area contributed by atoms with Crippen LogP contribution in [0, 0.1) is 0 Å². The molecule has 1 atom stereocenters. The van der Waals surface area contributed by atoms with Crippen molar-refractivity contribution in [1.29, 1.82) is 0 Å². The van der Waals surface area contributed by atoms with Crippen LogP contribution in [-0.2, 0) is 0 Å². The van der Waals surface area contributed by atoms with Gasteiger partial charge in [-0.15, -0.1) is 11.3 Å². The number of rotatable bonds is 5. The topological polar surface area (TPSA) is 41.7 Å². The predicted molar refractivity (Wildman–Crippen MR) is 281 cm³/mol. The van der Waals surface area contributed by atoms with Crippen molar-refractivity contribution >= 4 is 108 Å². The van der Waals surface area contributed by atoms with Gasteiger partial charge in [0.15, 0.2) is 5.84 Å². The van der Waals surface area contributed by atoms with Crippen molar-refractivity contribution in [3.05, 3.63) is 235 Å². The number of nitrogens with zero attached hydrogens (tertiary/aromatic N) is 3. The second kappa shape index (κ2) is 14.6. The molecule has 13 aromatic rings. The molecule has 0 saturated carbocycles. The number of amidine groups is 2. The zero-order valence-corrected chi connectivity index (χ0v) is 36.4. The van der Waals surface area contributed by atoms with Crippen LogP contribution in [0.1, 0.15) is 22.9 Å². The van der Waals surface area contributed by atoms with Gasteiger partial charge in [-0.3, -0.25) is 0 Å². The van der Waals surface area contributed by atoms with Crippen LogP contribution >= 0.6 is 11.3 Å². The van der Waals surface area contributed by atoms with Gasteiger partial charge in [0, 0.05) is 42.1 Å². The molecule has 1 aliphatic rings. The molecule has 0 fully saturated rings. The van der Waals surface area contributed by atoms with Crippen LogP contribution in [0.25, 0.3) is 102 Å². The van der Waals surface area contributed by atoms with Gasteiger partial charge in [0.2, 0.25) is 0 Å². The van der Waals surface area contributed by atoms with E-state index in [4.69, 9.17) is 9.98 Å². The lowest BCUT2D eigenvalue weighted by atomic mass is 9.95. The van der Waals surface area contributed by atoms with Crippen LogP contribution in [0.5, 0.6) is 0 Å². The largest absolute Gasteiger partial charge is 0.344 e. The van der Waals surface area contributed by atoms with Gasteiger partial charge in [-0.25, -0.2) is 9.98 Å². The maximum absolute atomic E-state index is 5.67. The highest BCUT2D eigenvalue weighted by Gasteiger charge is 2.29. The molecule has 0 amide bonds. The summed E-state index contributed by atoms with van der Waals surface area (Å²) in [6.07, 6.45) is -0.452. The quantitative estimate of drug-likeness (QED) is 0.172. The molecular formula is C61H38N4S. The van der Waals surface area contributed by atoms with Crippen molar-refractivity contribution in [2.45, 2.75) is 6.17 Å². The summed E-state index contributed by atoms with van der Waals surface area (Å²) < 4.78 is 4.95. The Bertz CT molecular complexity index is 4200. The lowest BCUT2D eigenvalue weighted by molar-refractivity contribution is 0.680. The molecule has 3 heterocycles. The number of nitrogens with one attached hydrogen (secondary N) is 1. The van der Waals surface area contributed by atoms with E-state index in [1.165, 1.54) is 74.2 Å². The van der Waals surface area contributed by atoms with E-state index in [1.54, 1.807) is 0 Å². The highest BCUT2D eigenvalue weighted by Crippen LogP contribution is 2.45. The van der Waals surface area contributed by atoms with Crippen LogP contribution < -0.4 is 5.32 Å². The molecule has 0 saturated heterocycles. The number of aliphatic imine (C=N–C) groups is 2. The average Bonchev–Trinajstić information content (AvgIpc) is 3.93. The summed E-state index contributed by atoms with van der Waals surface area (Å²) in [6.45, 7) is 0. The Balaban J connectivity index is 1.08. The number of para-hydroxylation sites is 1. The van der Waals surface area contributed by atoms with Crippen LogP contribution in [0.2, 0.25) is 0 Å². The molecule has 0 spiro atoms. The minimum absolute atomic E-state index is 0.452. The van der Waals surface area contributed by atoms with E-state index < -0.39 is 6.17 Å². The molecule has 308 valence electrons. The summed E-state index contributed by atoms with van der Waals surface area (Å²) in [6, 6.07) is 79.2. The first-order chi connectivity index (χ1) is 32.7. The van der Waals surface area contributed by atoms with Gasteiger partial charge < -0.3 is 9.88 Å². The van der Waals surface area contributed by atoms with Gasteiger partial charge in [-0.05, 0) is 90.6 Å². The van der Waals surface area contributed by atoms with Gasteiger partial charge in [0.1, 0.15) is 12.0 Å². The first kappa shape index (κ1) is 37.0. The number of benzene rings is 11. The molecule has 66 heavy (non-hydrogen) atoms. The number of hydrogen-bond acceptors (Lipinski definition) is 4. The summed E-state index contributed by atoms with van der Waals surface area (Å²) in [7, 11) is 0. The zero-order valence-electron chi connectivity index (χ0n) is 35.6. The molecule has 5 heteroatoms. The Hall–Kier alpha value is -8.38. The van der Waals surface area contributed by atoms with Crippen LogP contribution in [-0.4, -0.2) is 16.2 Å². The van der Waals surface area contributed by atoms with Crippen molar-refractivity contribution in [1.82, 2.24) is 9.88 Å². The first-order valence-electron chi connectivity index (χ1n) is 22.5. The van der Waals surface area contributed by atoms with Gasteiger partial charge in [0.25, 0.3) is 0 Å². The molecule has 1 aliphatic heterocycles. The van der Waals surface area contributed by atoms with E-state index >= 15 is 0 Å². The fourth-order valence-electron chi connectivity index (χ4n) is 10.5. The number of hydrogen-bond donors (Lipinski definition) is 1. The van der Waals surface area contributed by atoms with E-state index in [-0.39, 0.29) is 0 Å². The van der Waals surface area contributed by atoms with Crippen molar-refractivity contribution in [2.75, 3.05) is 0 Å². The molecule has 0 radical (unpaired) electrons. The summed E-state index contributed by atoms with van der Waals surface area (Å²) in [5.74, 6) is 1.47.